The van der Waals surface area contributed by atoms with E-state index >= 15 is 0 Å². The van der Waals surface area contributed by atoms with Crippen molar-refractivity contribution < 1.29 is 5.11 Å². The Labute approximate surface area is 61.2 Å². The quantitative estimate of drug-likeness (QED) is 0.621. The van der Waals surface area contributed by atoms with Crippen LogP contribution >= 0.6 is 11.8 Å². The van der Waals surface area contributed by atoms with Crippen molar-refractivity contribution in [2.24, 2.45) is 0 Å². The van der Waals surface area contributed by atoms with Crippen LogP contribution in [-0.4, -0.2) is 48.8 Å². The molecule has 0 fully saturated rings. The van der Waals surface area contributed by atoms with Crippen LogP contribution in [0.3, 0.4) is 0 Å². The maximum atomic E-state index is 8.77. The van der Waals surface area contributed by atoms with Crippen LogP contribution in [0.2, 0.25) is 0 Å². The summed E-state index contributed by atoms with van der Waals surface area (Å²) in [5, 5.41) is 8.77. The van der Waals surface area contributed by atoms with E-state index in [2.05, 4.69) is 0 Å². The third-order valence-electron chi connectivity index (χ3n) is 1.30. The summed E-state index contributed by atoms with van der Waals surface area (Å²) < 4.78 is 0. The fourth-order valence-electron chi connectivity index (χ4n) is 0.557. The molecule has 0 spiro atoms. The SMILES string of the molecule is CSC[C@H](CO)N(C)C. The van der Waals surface area contributed by atoms with Gasteiger partial charge in [-0.05, 0) is 20.4 Å². The molecule has 56 valence electrons. The maximum absolute atomic E-state index is 8.77. The molecular weight excluding hydrogens is 134 g/mol. The second-order valence-electron chi connectivity index (χ2n) is 2.26. The predicted octanol–water partition coefficient (Wildman–Crippen LogP) is 0.272. The standard InChI is InChI=1S/C6H15NOS/c1-7(2)6(4-8)5-9-3/h6,8H,4-5H2,1-3H3/t6-/m0/s1. The average molecular weight is 149 g/mol. The van der Waals surface area contributed by atoms with Gasteiger partial charge in [0.2, 0.25) is 0 Å². The minimum atomic E-state index is 0.258. The lowest BCUT2D eigenvalue weighted by Crippen LogP contribution is -2.33. The summed E-state index contributed by atoms with van der Waals surface area (Å²) in [6.45, 7) is 0.258. The van der Waals surface area contributed by atoms with E-state index < -0.39 is 0 Å². The monoisotopic (exact) mass is 149 g/mol. The van der Waals surface area contributed by atoms with Crippen molar-refractivity contribution in [1.82, 2.24) is 4.90 Å². The van der Waals surface area contributed by atoms with E-state index in [1.807, 2.05) is 25.3 Å². The number of nitrogens with zero attached hydrogens (tertiary/aromatic N) is 1. The summed E-state index contributed by atoms with van der Waals surface area (Å²) in [6.07, 6.45) is 2.05. The molecule has 1 N–H and O–H groups in total. The third-order valence-corrected chi connectivity index (χ3v) is 2.02. The van der Waals surface area contributed by atoms with Crippen LogP contribution in [0.4, 0.5) is 0 Å². The van der Waals surface area contributed by atoms with Gasteiger partial charge in [0.05, 0.1) is 6.61 Å². The number of hydrogen-bond donors (Lipinski definition) is 1. The molecule has 0 saturated heterocycles. The molecule has 9 heavy (non-hydrogen) atoms. The summed E-state index contributed by atoms with van der Waals surface area (Å²) in [5.41, 5.74) is 0. The summed E-state index contributed by atoms with van der Waals surface area (Å²) >= 11 is 1.76. The molecule has 0 aromatic rings. The van der Waals surface area contributed by atoms with Crippen molar-refractivity contribution >= 4 is 11.8 Å². The molecule has 0 aromatic heterocycles. The molecule has 0 aromatic carbocycles. The van der Waals surface area contributed by atoms with Crippen molar-refractivity contribution in [2.75, 3.05) is 32.7 Å². The van der Waals surface area contributed by atoms with E-state index in [0.29, 0.717) is 6.04 Å². The summed E-state index contributed by atoms with van der Waals surface area (Å²) in [5.74, 6) is 1.00. The van der Waals surface area contributed by atoms with E-state index in [1.54, 1.807) is 11.8 Å². The molecule has 0 radical (unpaired) electrons. The minimum absolute atomic E-state index is 0.258. The van der Waals surface area contributed by atoms with Crippen molar-refractivity contribution in [3.05, 3.63) is 0 Å². The highest BCUT2D eigenvalue weighted by molar-refractivity contribution is 7.98. The van der Waals surface area contributed by atoms with Crippen LogP contribution in [0, 0.1) is 0 Å². The van der Waals surface area contributed by atoms with Crippen LogP contribution in [0.1, 0.15) is 0 Å². The summed E-state index contributed by atoms with van der Waals surface area (Å²) in [4.78, 5) is 2.04. The van der Waals surface area contributed by atoms with Crippen molar-refractivity contribution in [3.8, 4) is 0 Å². The van der Waals surface area contributed by atoms with E-state index in [1.165, 1.54) is 0 Å². The molecule has 3 heteroatoms. The van der Waals surface area contributed by atoms with Gasteiger partial charge in [-0.3, -0.25) is 0 Å². The van der Waals surface area contributed by atoms with Gasteiger partial charge in [-0.2, -0.15) is 11.8 Å². The Morgan fingerprint density at radius 1 is 1.56 bits per heavy atom. The second-order valence-corrected chi connectivity index (χ2v) is 3.17. The second kappa shape index (κ2) is 5.09. The molecule has 0 amide bonds. The highest BCUT2D eigenvalue weighted by Gasteiger charge is 2.06. The Balaban J connectivity index is 3.41. The molecule has 0 unspecified atom stereocenters. The summed E-state index contributed by atoms with van der Waals surface area (Å²) in [6, 6.07) is 0.319. The molecule has 0 saturated carbocycles. The molecule has 1 atom stereocenters. The van der Waals surface area contributed by atoms with Gasteiger partial charge in [-0.25, -0.2) is 0 Å². The fraction of sp³-hybridized carbons (Fsp3) is 1.00. The van der Waals surface area contributed by atoms with Gasteiger partial charge in [0.15, 0.2) is 0 Å². The van der Waals surface area contributed by atoms with Gasteiger partial charge in [0, 0.05) is 11.8 Å². The predicted molar refractivity (Wildman–Crippen MR) is 42.9 cm³/mol. The largest absolute Gasteiger partial charge is 0.395 e. The summed E-state index contributed by atoms with van der Waals surface area (Å²) in [7, 11) is 3.97. The Bertz CT molecular complexity index is 68.1. The first-order valence-corrected chi connectivity index (χ1v) is 4.38. The molecule has 0 heterocycles. The van der Waals surface area contributed by atoms with E-state index in [-0.39, 0.29) is 6.61 Å². The van der Waals surface area contributed by atoms with Crippen molar-refractivity contribution in [2.45, 2.75) is 6.04 Å². The Hall–Kier alpha value is 0.270. The third kappa shape index (κ3) is 3.78. The van der Waals surface area contributed by atoms with Crippen LogP contribution < -0.4 is 0 Å². The van der Waals surface area contributed by atoms with Crippen molar-refractivity contribution in [3.63, 3.8) is 0 Å². The van der Waals surface area contributed by atoms with Gasteiger partial charge in [0.25, 0.3) is 0 Å². The first kappa shape index (κ1) is 9.27. The highest BCUT2D eigenvalue weighted by Crippen LogP contribution is 2.00. The van der Waals surface area contributed by atoms with Crippen LogP contribution in [0.15, 0.2) is 0 Å². The minimum Gasteiger partial charge on any atom is -0.395 e. The molecule has 0 bridgehead atoms. The first-order valence-electron chi connectivity index (χ1n) is 2.98. The molecule has 0 aliphatic rings. The average Bonchev–Trinajstić information content (AvgIpc) is 1.82. The van der Waals surface area contributed by atoms with Crippen molar-refractivity contribution in [1.29, 1.82) is 0 Å². The topological polar surface area (TPSA) is 23.5 Å². The zero-order chi connectivity index (χ0) is 7.28. The number of hydrogen-bond acceptors (Lipinski definition) is 3. The molecule has 2 nitrogen and oxygen atoms in total. The molecule has 0 aliphatic heterocycles. The van der Waals surface area contributed by atoms with Crippen LogP contribution in [0.25, 0.3) is 0 Å². The zero-order valence-corrected chi connectivity index (χ0v) is 7.11. The lowest BCUT2D eigenvalue weighted by molar-refractivity contribution is 0.185. The Morgan fingerprint density at radius 2 is 2.11 bits per heavy atom. The number of likely N-dealkylation sites (N-methyl/N-ethyl adjacent to an activating group) is 1. The van der Waals surface area contributed by atoms with Crippen LogP contribution in [-0.2, 0) is 0 Å². The smallest absolute Gasteiger partial charge is 0.0594 e. The van der Waals surface area contributed by atoms with E-state index in [0.717, 1.165) is 5.75 Å². The maximum Gasteiger partial charge on any atom is 0.0594 e. The van der Waals surface area contributed by atoms with Gasteiger partial charge < -0.3 is 10.0 Å². The van der Waals surface area contributed by atoms with Gasteiger partial charge in [0.1, 0.15) is 0 Å². The molecule has 0 aliphatic carbocycles. The van der Waals surface area contributed by atoms with Gasteiger partial charge in [-0.1, -0.05) is 0 Å². The van der Waals surface area contributed by atoms with Gasteiger partial charge >= 0.3 is 0 Å². The first-order chi connectivity index (χ1) is 4.22. The highest BCUT2D eigenvalue weighted by atomic mass is 32.2. The normalized spacial score (nSPS) is 14.3. The fourth-order valence-corrected chi connectivity index (χ4v) is 1.35. The lowest BCUT2D eigenvalue weighted by atomic mass is 10.3. The Morgan fingerprint density at radius 3 is 2.22 bits per heavy atom. The number of thioether (sulfide) groups is 1. The molecule has 0 rings (SSSR count). The zero-order valence-electron chi connectivity index (χ0n) is 6.29. The number of rotatable bonds is 4. The lowest BCUT2D eigenvalue weighted by Gasteiger charge is -2.20. The van der Waals surface area contributed by atoms with Gasteiger partial charge in [-0.15, -0.1) is 0 Å². The molecular formula is C6H15NOS. The van der Waals surface area contributed by atoms with E-state index in [4.69, 9.17) is 5.11 Å². The number of aliphatic hydroxyl groups excluding tert-OH is 1. The van der Waals surface area contributed by atoms with E-state index in [9.17, 15) is 0 Å². The Kier molecular flexibility index (Phi) is 5.24. The number of aliphatic hydroxyl groups is 1. The van der Waals surface area contributed by atoms with Crippen LogP contribution in [0.5, 0.6) is 0 Å².